The lowest BCUT2D eigenvalue weighted by atomic mass is 9.79. The molecule has 1 N–H and O–H groups in total. The highest BCUT2D eigenvalue weighted by Crippen LogP contribution is 2.47. The van der Waals surface area contributed by atoms with Crippen LogP contribution in [0.4, 0.5) is 0 Å². The van der Waals surface area contributed by atoms with Crippen LogP contribution in [0.15, 0.2) is 91.5 Å². The summed E-state index contributed by atoms with van der Waals surface area (Å²) in [6.45, 7) is 4.18. The third kappa shape index (κ3) is 5.02. The zero-order valence-corrected chi connectivity index (χ0v) is 18.6. The highest BCUT2D eigenvalue weighted by molar-refractivity contribution is 5.57. The molecule has 5 nitrogen and oxygen atoms in total. The van der Waals surface area contributed by atoms with Gasteiger partial charge in [0.05, 0.1) is 34.0 Å². The van der Waals surface area contributed by atoms with Crippen LogP contribution in [-0.4, -0.2) is 45.3 Å². The fraction of sp³-hybridized carbons (Fsp3) is 0.259. The maximum Gasteiger partial charge on any atom is 0.167 e. The molecule has 168 valence electrons. The van der Waals surface area contributed by atoms with Gasteiger partial charge < -0.3 is 24.1 Å². The molecule has 0 radical (unpaired) electrons. The molecule has 0 spiro atoms. The zero-order valence-electron chi connectivity index (χ0n) is 18.6. The smallest absolute Gasteiger partial charge is 0.167 e. The summed E-state index contributed by atoms with van der Waals surface area (Å²) in [7, 11) is 3.22. The average Bonchev–Trinajstić information content (AvgIpc) is 2.85. The van der Waals surface area contributed by atoms with Gasteiger partial charge in [-0.3, -0.25) is 0 Å². The van der Waals surface area contributed by atoms with Gasteiger partial charge in [-0.1, -0.05) is 78.9 Å². The van der Waals surface area contributed by atoms with E-state index in [9.17, 15) is 5.11 Å². The number of aliphatic hydroxyl groups is 1. The van der Waals surface area contributed by atoms with Crippen molar-refractivity contribution in [3.05, 3.63) is 108 Å². The van der Waals surface area contributed by atoms with Crippen molar-refractivity contribution in [1.29, 1.82) is 0 Å². The van der Waals surface area contributed by atoms with Crippen LogP contribution < -0.4 is 9.47 Å². The SMILES string of the molecule is C=CCOCC(O)COC(c1ccccc1)(c1ccccc1)c1cccc(OC)c1OC. The van der Waals surface area contributed by atoms with E-state index in [1.807, 2.05) is 78.9 Å². The minimum absolute atomic E-state index is 0.0430. The number of aliphatic hydroxyl groups excluding tert-OH is 1. The number of hydrogen-bond acceptors (Lipinski definition) is 5. The molecule has 0 saturated carbocycles. The number of ether oxygens (including phenoxy) is 4. The summed E-state index contributed by atoms with van der Waals surface area (Å²) < 4.78 is 23.4. The first-order valence-electron chi connectivity index (χ1n) is 10.5. The van der Waals surface area contributed by atoms with Crippen LogP contribution in [0, 0.1) is 0 Å². The van der Waals surface area contributed by atoms with Gasteiger partial charge in [0.2, 0.25) is 0 Å². The van der Waals surface area contributed by atoms with Gasteiger partial charge in [0.1, 0.15) is 11.7 Å². The monoisotopic (exact) mass is 434 g/mol. The van der Waals surface area contributed by atoms with E-state index in [1.54, 1.807) is 20.3 Å². The van der Waals surface area contributed by atoms with E-state index >= 15 is 0 Å². The number of para-hydroxylation sites is 1. The summed E-state index contributed by atoms with van der Waals surface area (Å²) in [5.41, 5.74) is 1.52. The van der Waals surface area contributed by atoms with Crippen LogP contribution in [0.1, 0.15) is 16.7 Å². The quantitative estimate of drug-likeness (QED) is 0.257. The molecular weight excluding hydrogens is 404 g/mol. The van der Waals surface area contributed by atoms with Crippen molar-refractivity contribution in [2.24, 2.45) is 0 Å². The molecule has 0 aromatic heterocycles. The summed E-state index contributed by atoms with van der Waals surface area (Å²) in [5.74, 6) is 1.17. The van der Waals surface area contributed by atoms with Gasteiger partial charge >= 0.3 is 0 Å². The van der Waals surface area contributed by atoms with Gasteiger partial charge in [0.25, 0.3) is 0 Å². The third-order valence-electron chi connectivity index (χ3n) is 5.18. The Morgan fingerprint density at radius 3 is 2.00 bits per heavy atom. The van der Waals surface area contributed by atoms with Crippen LogP contribution in [0.25, 0.3) is 0 Å². The Hall–Kier alpha value is -3.12. The van der Waals surface area contributed by atoms with E-state index in [0.29, 0.717) is 18.1 Å². The third-order valence-corrected chi connectivity index (χ3v) is 5.18. The molecule has 0 fully saturated rings. The Balaban J connectivity index is 2.18. The Kier molecular flexibility index (Phi) is 8.45. The van der Waals surface area contributed by atoms with Crippen LogP contribution in [0.2, 0.25) is 0 Å². The van der Waals surface area contributed by atoms with Crippen molar-refractivity contribution < 1.29 is 24.1 Å². The fourth-order valence-corrected chi connectivity index (χ4v) is 3.79. The first-order chi connectivity index (χ1) is 15.7. The fourth-order valence-electron chi connectivity index (χ4n) is 3.79. The normalized spacial score (nSPS) is 12.2. The molecule has 3 aromatic carbocycles. The molecule has 1 unspecified atom stereocenters. The summed E-state index contributed by atoms with van der Waals surface area (Å²) in [6.07, 6.45) is 0.825. The second-order valence-electron chi connectivity index (χ2n) is 7.25. The topological polar surface area (TPSA) is 57.2 Å². The zero-order chi connectivity index (χ0) is 22.8. The summed E-state index contributed by atoms with van der Waals surface area (Å²) in [4.78, 5) is 0. The minimum atomic E-state index is -1.05. The maximum absolute atomic E-state index is 10.6. The van der Waals surface area contributed by atoms with Gasteiger partial charge in [-0.05, 0) is 17.2 Å². The number of rotatable bonds is 12. The second-order valence-corrected chi connectivity index (χ2v) is 7.25. The van der Waals surface area contributed by atoms with Crippen molar-refractivity contribution in [2.75, 3.05) is 34.0 Å². The van der Waals surface area contributed by atoms with E-state index in [4.69, 9.17) is 18.9 Å². The molecule has 0 saturated heterocycles. The van der Waals surface area contributed by atoms with Crippen molar-refractivity contribution in [3.63, 3.8) is 0 Å². The Bertz CT molecular complexity index is 932. The predicted octanol–water partition coefficient (Wildman–Crippen LogP) is 4.58. The van der Waals surface area contributed by atoms with Gasteiger partial charge in [-0.2, -0.15) is 0 Å². The highest BCUT2D eigenvalue weighted by atomic mass is 16.5. The Labute approximate surface area is 189 Å². The van der Waals surface area contributed by atoms with Crippen molar-refractivity contribution in [1.82, 2.24) is 0 Å². The van der Waals surface area contributed by atoms with Crippen LogP contribution >= 0.6 is 0 Å². The number of methoxy groups -OCH3 is 2. The molecule has 0 heterocycles. The maximum atomic E-state index is 10.6. The first kappa shape index (κ1) is 23.5. The molecule has 0 amide bonds. The molecule has 1 atom stereocenters. The molecule has 32 heavy (non-hydrogen) atoms. The molecule has 0 aliphatic carbocycles. The molecule has 3 aromatic rings. The average molecular weight is 435 g/mol. The van der Waals surface area contributed by atoms with Crippen molar-refractivity contribution in [3.8, 4) is 11.5 Å². The van der Waals surface area contributed by atoms with Gasteiger partial charge in [0, 0.05) is 5.56 Å². The lowest BCUT2D eigenvalue weighted by Gasteiger charge is -2.37. The molecule has 5 heteroatoms. The second kappa shape index (κ2) is 11.5. The van der Waals surface area contributed by atoms with E-state index < -0.39 is 11.7 Å². The minimum Gasteiger partial charge on any atom is -0.493 e. The Morgan fingerprint density at radius 1 is 0.844 bits per heavy atom. The summed E-state index contributed by atoms with van der Waals surface area (Å²) in [6, 6.07) is 25.5. The predicted molar refractivity (Wildman–Crippen MR) is 125 cm³/mol. The van der Waals surface area contributed by atoms with Crippen LogP contribution in [0.5, 0.6) is 11.5 Å². The van der Waals surface area contributed by atoms with Gasteiger partial charge in [0.15, 0.2) is 11.5 Å². The number of benzene rings is 3. The molecule has 0 bridgehead atoms. The van der Waals surface area contributed by atoms with Gasteiger partial charge in [-0.25, -0.2) is 0 Å². The highest BCUT2D eigenvalue weighted by Gasteiger charge is 2.41. The van der Waals surface area contributed by atoms with E-state index in [2.05, 4.69) is 6.58 Å². The standard InChI is InChI=1S/C27H30O5/c1-4-18-31-19-23(28)20-32-27(21-12-7-5-8-13-21,22-14-9-6-10-15-22)24-16-11-17-25(29-2)26(24)30-3/h4-17,23,28H,1,18-20H2,2-3H3. The lowest BCUT2D eigenvalue weighted by molar-refractivity contribution is -0.0618. The van der Waals surface area contributed by atoms with Crippen LogP contribution in [0.3, 0.4) is 0 Å². The summed E-state index contributed by atoms with van der Waals surface area (Å²) >= 11 is 0. The Morgan fingerprint density at radius 2 is 1.47 bits per heavy atom. The molecule has 0 aliphatic rings. The van der Waals surface area contributed by atoms with E-state index in [-0.39, 0.29) is 13.2 Å². The number of hydrogen-bond donors (Lipinski definition) is 1. The van der Waals surface area contributed by atoms with Gasteiger partial charge in [-0.15, -0.1) is 6.58 Å². The summed E-state index contributed by atoms with van der Waals surface area (Å²) in [5, 5.41) is 10.6. The molecular formula is C27H30O5. The first-order valence-corrected chi connectivity index (χ1v) is 10.5. The van der Waals surface area contributed by atoms with Crippen LogP contribution in [-0.2, 0) is 15.1 Å². The van der Waals surface area contributed by atoms with Crippen molar-refractivity contribution in [2.45, 2.75) is 11.7 Å². The lowest BCUT2D eigenvalue weighted by Crippen LogP contribution is -2.37. The largest absolute Gasteiger partial charge is 0.493 e. The van der Waals surface area contributed by atoms with E-state index in [1.165, 1.54) is 0 Å². The van der Waals surface area contributed by atoms with Crippen molar-refractivity contribution >= 4 is 0 Å². The molecule has 0 aliphatic heterocycles. The molecule has 3 rings (SSSR count). The van der Waals surface area contributed by atoms with E-state index in [0.717, 1.165) is 16.7 Å².